The minimum atomic E-state index is -2.90. The fourth-order valence-electron chi connectivity index (χ4n) is 0.117. The maximum absolute atomic E-state index is 10.2. The van der Waals surface area contributed by atoms with Crippen LogP contribution >= 0.6 is 0 Å². The zero-order valence-electron chi connectivity index (χ0n) is 7.83. The molecule has 0 aliphatic carbocycles. The van der Waals surface area contributed by atoms with Crippen molar-refractivity contribution in [3.05, 3.63) is 0 Å². The van der Waals surface area contributed by atoms with Crippen LogP contribution in [0.3, 0.4) is 0 Å². The summed E-state index contributed by atoms with van der Waals surface area (Å²) >= 11 is 0. The van der Waals surface area contributed by atoms with Crippen LogP contribution < -0.4 is 0 Å². The van der Waals surface area contributed by atoms with E-state index in [-0.39, 0.29) is 0 Å². The summed E-state index contributed by atoms with van der Waals surface area (Å²) in [5, 5.41) is 26.2. The molecule has 9 heavy (non-hydrogen) atoms. The molecule has 0 aromatic heterocycles. The average Bonchev–Trinajstić information content (AvgIpc) is 1.83. The SMILES string of the molecule is [2H]C([2H])([2H])C(O)C(C)(O)C(=O)O. The van der Waals surface area contributed by atoms with Gasteiger partial charge in [-0.15, -0.1) is 0 Å². The second kappa shape index (κ2) is 2.33. The Morgan fingerprint density at radius 2 is 2.33 bits per heavy atom. The molecule has 0 aromatic rings. The van der Waals surface area contributed by atoms with Crippen LogP contribution in [0.25, 0.3) is 0 Å². The number of rotatable bonds is 2. The van der Waals surface area contributed by atoms with Gasteiger partial charge in [-0.05, 0) is 13.8 Å². The number of carboxylic acids is 1. The molecule has 3 N–H and O–H groups in total. The van der Waals surface area contributed by atoms with Crippen molar-refractivity contribution in [1.29, 1.82) is 0 Å². The monoisotopic (exact) mass is 137 g/mol. The van der Waals surface area contributed by atoms with E-state index in [1.54, 1.807) is 0 Å². The topological polar surface area (TPSA) is 77.8 Å². The molecule has 0 fully saturated rings. The molecule has 0 heterocycles. The lowest BCUT2D eigenvalue weighted by Gasteiger charge is -2.20. The fraction of sp³-hybridized carbons (Fsp3) is 0.800. The van der Waals surface area contributed by atoms with Gasteiger partial charge in [0.2, 0.25) is 0 Å². The second-order valence-electron chi connectivity index (χ2n) is 1.86. The maximum Gasteiger partial charge on any atom is 0.338 e. The van der Waals surface area contributed by atoms with Crippen LogP contribution in [-0.2, 0) is 4.79 Å². The molecule has 0 aliphatic rings. The molecule has 0 saturated heterocycles. The predicted molar refractivity (Wildman–Crippen MR) is 29.9 cm³/mol. The Bertz CT molecular complexity index is 186. The molecular formula is C5H10O4. The summed E-state index contributed by atoms with van der Waals surface area (Å²) in [6.45, 7) is -2.17. The number of aliphatic carboxylic acids is 1. The molecule has 2 atom stereocenters. The average molecular weight is 137 g/mol. The lowest BCUT2D eigenvalue weighted by atomic mass is 10.0. The molecule has 4 nitrogen and oxygen atoms in total. The second-order valence-corrected chi connectivity index (χ2v) is 1.86. The van der Waals surface area contributed by atoms with Crippen molar-refractivity contribution in [2.24, 2.45) is 0 Å². The first-order chi connectivity index (χ1) is 5.10. The van der Waals surface area contributed by atoms with Crippen molar-refractivity contribution in [2.75, 3.05) is 0 Å². The van der Waals surface area contributed by atoms with Gasteiger partial charge in [0, 0.05) is 4.11 Å². The van der Waals surface area contributed by atoms with Gasteiger partial charge in [-0.2, -0.15) is 0 Å². The molecule has 0 amide bonds. The van der Waals surface area contributed by atoms with Crippen LogP contribution in [0.15, 0.2) is 0 Å². The highest BCUT2D eigenvalue weighted by Crippen LogP contribution is 2.08. The van der Waals surface area contributed by atoms with Crippen LogP contribution in [-0.4, -0.2) is 33.0 Å². The number of aliphatic hydroxyl groups excluding tert-OH is 1. The zero-order valence-corrected chi connectivity index (χ0v) is 4.83. The first-order valence-electron chi connectivity index (χ1n) is 3.74. The lowest BCUT2D eigenvalue weighted by Crippen LogP contribution is -2.44. The van der Waals surface area contributed by atoms with Gasteiger partial charge in [0.15, 0.2) is 5.60 Å². The van der Waals surface area contributed by atoms with Crippen molar-refractivity contribution in [3.63, 3.8) is 0 Å². The van der Waals surface area contributed by atoms with Gasteiger partial charge in [0.05, 0.1) is 6.10 Å². The molecule has 0 saturated carbocycles. The number of aliphatic hydroxyl groups is 2. The summed E-state index contributed by atoms with van der Waals surface area (Å²) in [5.74, 6) is -1.77. The van der Waals surface area contributed by atoms with E-state index in [0.717, 1.165) is 6.92 Å². The van der Waals surface area contributed by atoms with Gasteiger partial charge >= 0.3 is 5.97 Å². The van der Waals surface area contributed by atoms with Crippen LogP contribution in [0.4, 0.5) is 0 Å². The van der Waals surface area contributed by atoms with E-state index in [0.29, 0.717) is 0 Å². The van der Waals surface area contributed by atoms with E-state index in [1.807, 2.05) is 0 Å². The minimum absolute atomic E-state index is 0.729. The third kappa shape index (κ3) is 1.65. The smallest absolute Gasteiger partial charge is 0.338 e. The molecule has 0 radical (unpaired) electrons. The van der Waals surface area contributed by atoms with Crippen molar-refractivity contribution in [1.82, 2.24) is 0 Å². The normalized spacial score (nSPS) is 26.8. The van der Waals surface area contributed by atoms with Crippen LogP contribution in [0.1, 0.15) is 17.9 Å². The minimum Gasteiger partial charge on any atom is -0.479 e. The molecule has 54 valence electrons. The van der Waals surface area contributed by atoms with E-state index in [9.17, 15) is 4.79 Å². The molecule has 0 spiro atoms. The Morgan fingerprint density at radius 3 is 2.44 bits per heavy atom. The van der Waals surface area contributed by atoms with Crippen LogP contribution in [0, 0.1) is 0 Å². The van der Waals surface area contributed by atoms with Crippen molar-refractivity contribution >= 4 is 5.97 Å². The summed E-state index contributed by atoms with van der Waals surface area (Å²) in [6, 6.07) is 0. The summed E-state index contributed by atoms with van der Waals surface area (Å²) in [6.07, 6.45) is -2.29. The fourth-order valence-corrected chi connectivity index (χ4v) is 0.117. The Balaban J connectivity index is 4.69. The molecule has 4 heteroatoms. The summed E-state index contributed by atoms with van der Waals surface area (Å²) in [7, 11) is 0. The van der Waals surface area contributed by atoms with Gasteiger partial charge in [-0.3, -0.25) is 0 Å². The number of carbonyl (C=O) groups is 1. The molecule has 0 rings (SSSR count). The van der Waals surface area contributed by atoms with Gasteiger partial charge in [0.25, 0.3) is 0 Å². The third-order valence-electron chi connectivity index (χ3n) is 0.965. The highest BCUT2D eigenvalue weighted by Gasteiger charge is 2.35. The lowest BCUT2D eigenvalue weighted by molar-refractivity contribution is -0.167. The molecule has 0 bridgehead atoms. The maximum atomic E-state index is 10.2. The summed E-state index contributed by atoms with van der Waals surface area (Å²) in [4.78, 5) is 10.2. The Labute approximate surface area is 57.0 Å². The van der Waals surface area contributed by atoms with E-state index in [1.165, 1.54) is 0 Å². The zero-order chi connectivity index (χ0) is 10.2. The number of hydrogen-bond donors (Lipinski definition) is 3. The quantitative estimate of drug-likeness (QED) is 0.465. The molecule has 0 aliphatic heterocycles. The van der Waals surface area contributed by atoms with Gasteiger partial charge in [-0.1, -0.05) is 0 Å². The summed E-state index contributed by atoms with van der Waals surface area (Å²) < 4.78 is 19.9. The first-order valence-corrected chi connectivity index (χ1v) is 2.24. The number of hydrogen-bond acceptors (Lipinski definition) is 3. The standard InChI is InChI=1S/C5H10O4/c1-3(6)5(2,9)4(7)8/h3,6,9H,1-2H3,(H,7,8)/i1D3. The van der Waals surface area contributed by atoms with E-state index in [2.05, 4.69) is 0 Å². The van der Waals surface area contributed by atoms with Gasteiger partial charge < -0.3 is 15.3 Å². The van der Waals surface area contributed by atoms with Crippen molar-refractivity contribution in [2.45, 2.75) is 25.5 Å². The van der Waals surface area contributed by atoms with Gasteiger partial charge in [-0.25, -0.2) is 4.79 Å². The first kappa shape index (κ1) is 4.24. The molecule has 2 unspecified atom stereocenters. The van der Waals surface area contributed by atoms with Crippen LogP contribution in [0.2, 0.25) is 0 Å². The van der Waals surface area contributed by atoms with E-state index < -0.39 is 24.5 Å². The van der Waals surface area contributed by atoms with Crippen LogP contribution in [0.5, 0.6) is 0 Å². The molecular weight excluding hydrogens is 124 g/mol. The Hall–Kier alpha value is -0.610. The molecule has 0 aromatic carbocycles. The summed E-state index contributed by atoms with van der Waals surface area (Å²) in [5.41, 5.74) is -2.65. The number of carboxylic acid groups (broad SMARTS) is 1. The Kier molecular flexibility index (Phi) is 1.10. The van der Waals surface area contributed by atoms with E-state index in [4.69, 9.17) is 19.4 Å². The van der Waals surface area contributed by atoms with Crippen molar-refractivity contribution in [3.8, 4) is 0 Å². The van der Waals surface area contributed by atoms with Crippen molar-refractivity contribution < 1.29 is 24.2 Å². The highest BCUT2D eigenvalue weighted by molar-refractivity contribution is 5.77. The third-order valence-corrected chi connectivity index (χ3v) is 0.965. The van der Waals surface area contributed by atoms with E-state index >= 15 is 0 Å². The highest BCUT2D eigenvalue weighted by atomic mass is 16.4. The Morgan fingerprint density at radius 1 is 1.89 bits per heavy atom. The largest absolute Gasteiger partial charge is 0.479 e. The van der Waals surface area contributed by atoms with Gasteiger partial charge in [0.1, 0.15) is 0 Å². The predicted octanol–water partition coefficient (Wildman–Crippen LogP) is -0.797.